The van der Waals surface area contributed by atoms with Crippen molar-refractivity contribution in [2.24, 2.45) is 0 Å². The van der Waals surface area contributed by atoms with Gasteiger partial charge in [0.25, 0.3) is 0 Å². The molecule has 0 radical (unpaired) electrons. The third-order valence-corrected chi connectivity index (χ3v) is 1.69. The van der Waals surface area contributed by atoms with Crippen molar-refractivity contribution < 1.29 is 0 Å². The predicted octanol–water partition coefficient (Wildman–Crippen LogP) is 1.46. The number of fused-ring (bicyclic) bond motifs is 1. The Morgan fingerprint density at radius 1 is 1.23 bits per heavy atom. The lowest BCUT2D eigenvalue weighted by Crippen LogP contribution is -1.99. The van der Waals surface area contributed by atoms with E-state index < -0.39 is 0 Å². The van der Waals surface area contributed by atoms with E-state index in [4.69, 9.17) is 0 Å². The summed E-state index contributed by atoms with van der Waals surface area (Å²) in [6.07, 6.45) is 3.31. The quantitative estimate of drug-likeness (QED) is 0.748. The Hall–Kier alpha value is -1.71. The van der Waals surface area contributed by atoms with Crippen LogP contribution in [0.15, 0.2) is 24.5 Å². The maximum Gasteiger partial charge on any atom is 0.180 e. The average Bonchev–Trinajstić information content (AvgIpc) is 2.18. The minimum absolute atomic E-state index is 0.681. The standard InChI is InChI=1S/C9H10N4/c1-2-10-8-4-3-7-9(13-8)12-6-5-11-7/h3-6H,2H2,1H3,(H,10,12,13). The molecule has 2 rings (SSSR count). The first kappa shape index (κ1) is 7.91. The first-order chi connectivity index (χ1) is 6.40. The number of aromatic nitrogens is 3. The molecule has 0 bridgehead atoms. The summed E-state index contributed by atoms with van der Waals surface area (Å²) in [5.41, 5.74) is 1.50. The van der Waals surface area contributed by atoms with Gasteiger partial charge in [-0.2, -0.15) is 0 Å². The fourth-order valence-corrected chi connectivity index (χ4v) is 1.13. The van der Waals surface area contributed by atoms with Gasteiger partial charge < -0.3 is 5.32 Å². The average molecular weight is 174 g/mol. The molecule has 4 heteroatoms. The number of nitrogens with zero attached hydrogens (tertiary/aromatic N) is 3. The molecule has 1 N–H and O–H groups in total. The number of anilines is 1. The van der Waals surface area contributed by atoms with Crippen molar-refractivity contribution in [3.05, 3.63) is 24.5 Å². The molecule has 2 aromatic rings. The van der Waals surface area contributed by atoms with Crippen LogP contribution in [0.5, 0.6) is 0 Å². The summed E-state index contributed by atoms with van der Waals surface area (Å²) in [5.74, 6) is 0.843. The van der Waals surface area contributed by atoms with Crippen molar-refractivity contribution in [2.45, 2.75) is 6.92 Å². The Morgan fingerprint density at radius 2 is 2.08 bits per heavy atom. The molecule has 66 valence electrons. The van der Waals surface area contributed by atoms with Gasteiger partial charge in [-0.05, 0) is 19.1 Å². The highest BCUT2D eigenvalue weighted by Crippen LogP contribution is 2.09. The smallest absolute Gasteiger partial charge is 0.180 e. The number of nitrogens with one attached hydrogen (secondary N) is 1. The lowest BCUT2D eigenvalue weighted by atomic mass is 10.4. The van der Waals surface area contributed by atoms with E-state index in [1.165, 1.54) is 0 Å². The molecule has 0 aliphatic carbocycles. The molecule has 0 fully saturated rings. The molecule has 0 unspecified atom stereocenters. The van der Waals surface area contributed by atoms with Crippen molar-refractivity contribution in [1.29, 1.82) is 0 Å². The summed E-state index contributed by atoms with van der Waals surface area (Å²) in [7, 11) is 0. The Labute approximate surface area is 76.1 Å². The van der Waals surface area contributed by atoms with E-state index >= 15 is 0 Å². The van der Waals surface area contributed by atoms with Gasteiger partial charge in [0.15, 0.2) is 5.65 Å². The molecule has 0 aromatic carbocycles. The summed E-state index contributed by atoms with van der Waals surface area (Å²) in [6.45, 7) is 2.89. The van der Waals surface area contributed by atoms with E-state index in [2.05, 4.69) is 20.3 Å². The molecule has 0 saturated carbocycles. The van der Waals surface area contributed by atoms with Gasteiger partial charge in [-0.1, -0.05) is 0 Å². The van der Waals surface area contributed by atoms with Gasteiger partial charge in [-0.25, -0.2) is 9.97 Å². The fourth-order valence-electron chi connectivity index (χ4n) is 1.13. The van der Waals surface area contributed by atoms with E-state index in [1.54, 1.807) is 12.4 Å². The molecule has 0 spiro atoms. The van der Waals surface area contributed by atoms with Crippen LogP contribution in [0.2, 0.25) is 0 Å². The molecule has 0 aliphatic rings. The van der Waals surface area contributed by atoms with Crippen molar-refractivity contribution in [3.63, 3.8) is 0 Å². The number of rotatable bonds is 2. The molecule has 4 nitrogen and oxygen atoms in total. The summed E-state index contributed by atoms with van der Waals surface area (Å²) >= 11 is 0. The fraction of sp³-hybridized carbons (Fsp3) is 0.222. The first-order valence-corrected chi connectivity index (χ1v) is 4.22. The van der Waals surface area contributed by atoms with E-state index in [-0.39, 0.29) is 0 Å². The van der Waals surface area contributed by atoms with Crippen LogP contribution < -0.4 is 5.32 Å². The second-order valence-corrected chi connectivity index (χ2v) is 2.63. The lowest BCUT2D eigenvalue weighted by molar-refractivity contribution is 1.15. The highest BCUT2D eigenvalue weighted by Gasteiger charge is 1.97. The van der Waals surface area contributed by atoms with Crippen LogP contribution in [0, 0.1) is 0 Å². The Balaban J connectivity index is 2.49. The highest BCUT2D eigenvalue weighted by atomic mass is 15.0. The number of pyridine rings is 1. The molecule has 2 aromatic heterocycles. The summed E-state index contributed by atoms with van der Waals surface area (Å²) in [5, 5.41) is 3.12. The first-order valence-electron chi connectivity index (χ1n) is 4.22. The molecule has 0 saturated heterocycles. The Kier molecular flexibility index (Phi) is 2.04. The van der Waals surface area contributed by atoms with Crippen molar-refractivity contribution in [2.75, 3.05) is 11.9 Å². The number of hydrogen-bond donors (Lipinski definition) is 1. The van der Waals surface area contributed by atoms with Crippen LogP contribution in [0.1, 0.15) is 6.92 Å². The van der Waals surface area contributed by atoms with Gasteiger partial charge >= 0.3 is 0 Å². The largest absolute Gasteiger partial charge is 0.370 e. The van der Waals surface area contributed by atoms with Gasteiger partial charge in [-0.3, -0.25) is 4.98 Å². The van der Waals surface area contributed by atoms with Crippen LogP contribution in [0.4, 0.5) is 5.82 Å². The maximum absolute atomic E-state index is 4.28. The van der Waals surface area contributed by atoms with Crippen LogP contribution in [0.25, 0.3) is 11.2 Å². The van der Waals surface area contributed by atoms with E-state index in [1.807, 2.05) is 19.1 Å². The molecular formula is C9H10N4. The third-order valence-electron chi connectivity index (χ3n) is 1.69. The molecule has 0 atom stereocenters. The van der Waals surface area contributed by atoms with E-state index in [0.717, 1.165) is 17.9 Å². The normalized spacial score (nSPS) is 10.2. The molecule has 2 heterocycles. The monoisotopic (exact) mass is 174 g/mol. The van der Waals surface area contributed by atoms with Gasteiger partial charge in [-0.15, -0.1) is 0 Å². The van der Waals surface area contributed by atoms with Gasteiger partial charge in [0.2, 0.25) is 0 Å². The summed E-state index contributed by atoms with van der Waals surface area (Å²) in [6, 6.07) is 3.81. The van der Waals surface area contributed by atoms with Crippen LogP contribution in [-0.4, -0.2) is 21.5 Å². The minimum Gasteiger partial charge on any atom is -0.370 e. The Bertz CT molecular complexity index is 413. The van der Waals surface area contributed by atoms with Gasteiger partial charge in [0.1, 0.15) is 11.3 Å². The van der Waals surface area contributed by atoms with Gasteiger partial charge in [0, 0.05) is 18.9 Å². The minimum atomic E-state index is 0.681. The zero-order valence-electron chi connectivity index (χ0n) is 7.36. The van der Waals surface area contributed by atoms with Gasteiger partial charge in [0.05, 0.1) is 0 Å². The molecule has 0 aliphatic heterocycles. The van der Waals surface area contributed by atoms with E-state index in [0.29, 0.717) is 5.65 Å². The topological polar surface area (TPSA) is 50.7 Å². The second-order valence-electron chi connectivity index (χ2n) is 2.63. The zero-order chi connectivity index (χ0) is 9.10. The molecular weight excluding hydrogens is 164 g/mol. The number of hydrogen-bond acceptors (Lipinski definition) is 4. The van der Waals surface area contributed by atoms with Crippen molar-refractivity contribution in [3.8, 4) is 0 Å². The summed E-state index contributed by atoms with van der Waals surface area (Å²) in [4.78, 5) is 12.5. The Morgan fingerprint density at radius 3 is 2.92 bits per heavy atom. The summed E-state index contributed by atoms with van der Waals surface area (Å²) < 4.78 is 0. The molecule has 0 amide bonds. The van der Waals surface area contributed by atoms with Crippen LogP contribution >= 0.6 is 0 Å². The van der Waals surface area contributed by atoms with Crippen molar-refractivity contribution >= 4 is 17.0 Å². The predicted molar refractivity (Wildman–Crippen MR) is 51.5 cm³/mol. The van der Waals surface area contributed by atoms with E-state index in [9.17, 15) is 0 Å². The SMILES string of the molecule is CCNc1ccc2nccnc2n1. The second kappa shape index (κ2) is 3.35. The van der Waals surface area contributed by atoms with Crippen LogP contribution in [0.3, 0.4) is 0 Å². The van der Waals surface area contributed by atoms with Crippen molar-refractivity contribution in [1.82, 2.24) is 15.0 Å². The van der Waals surface area contributed by atoms with Crippen LogP contribution in [-0.2, 0) is 0 Å². The maximum atomic E-state index is 4.28. The highest BCUT2D eigenvalue weighted by molar-refractivity contribution is 5.71. The third kappa shape index (κ3) is 1.56. The lowest BCUT2D eigenvalue weighted by Gasteiger charge is -2.01. The molecule has 13 heavy (non-hydrogen) atoms. The zero-order valence-corrected chi connectivity index (χ0v) is 7.36.